The summed E-state index contributed by atoms with van der Waals surface area (Å²) in [5.41, 5.74) is 2.11. The van der Waals surface area contributed by atoms with E-state index in [0.29, 0.717) is 26.1 Å². The highest BCUT2D eigenvalue weighted by molar-refractivity contribution is 5.88. The van der Waals surface area contributed by atoms with Crippen LogP contribution in [0.2, 0.25) is 0 Å². The van der Waals surface area contributed by atoms with Gasteiger partial charge in [-0.05, 0) is 43.0 Å². The van der Waals surface area contributed by atoms with Gasteiger partial charge < -0.3 is 9.80 Å². The molecule has 1 aliphatic rings. The Bertz CT molecular complexity index is 749. The summed E-state index contributed by atoms with van der Waals surface area (Å²) in [6.07, 6.45) is 6.48. The molecule has 5 heteroatoms. The Balaban J connectivity index is 1.80. The summed E-state index contributed by atoms with van der Waals surface area (Å²) in [5, 5.41) is 0. The first-order valence-corrected chi connectivity index (χ1v) is 9.70. The molecule has 0 saturated carbocycles. The molecule has 0 radical (unpaired) electrons. The first kappa shape index (κ1) is 19.1. The minimum Gasteiger partial charge on any atom is -0.337 e. The molecular weight excluding hydrogens is 338 g/mol. The van der Waals surface area contributed by atoms with Gasteiger partial charge in [0.05, 0.1) is 0 Å². The van der Waals surface area contributed by atoms with E-state index in [2.05, 4.69) is 4.98 Å². The number of likely N-dealkylation sites (tertiary alicyclic amines) is 1. The second-order valence-electron chi connectivity index (χ2n) is 6.98. The molecule has 0 aliphatic carbocycles. The van der Waals surface area contributed by atoms with E-state index in [4.69, 9.17) is 0 Å². The van der Waals surface area contributed by atoms with Crippen molar-refractivity contribution in [2.24, 2.45) is 0 Å². The van der Waals surface area contributed by atoms with Crippen LogP contribution in [0.5, 0.6) is 0 Å². The highest BCUT2D eigenvalue weighted by Gasteiger charge is 2.33. The van der Waals surface area contributed by atoms with E-state index in [9.17, 15) is 9.59 Å². The second-order valence-corrected chi connectivity index (χ2v) is 6.98. The predicted molar refractivity (Wildman–Crippen MR) is 105 cm³/mol. The van der Waals surface area contributed by atoms with Crippen molar-refractivity contribution in [3.8, 4) is 0 Å². The van der Waals surface area contributed by atoms with Crippen LogP contribution in [0.3, 0.4) is 0 Å². The summed E-state index contributed by atoms with van der Waals surface area (Å²) < 4.78 is 0. The summed E-state index contributed by atoms with van der Waals surface area (Å²) in [7, 11) is 0. The fourth-order valence-corrected chi connectivity index (χ4v) is 3.59. The molecule has 1 unspecified atom stereocenters. The monoisotopic (exact) mass is 365 g/mol. The van der Waals surface area contributed by atoms with Crippen LogP contribution in [0.4, 0.5) is 0 Å². The predicted octanol–water partition coefficient (Wildman–Crippen LogP) is 3.40. The quantitative estimate of drug-likeness (QED) is 0.788. The molecule has 3 rings (SSSR count). The number of nitrogens with zero attached hydrogens (tertiary/aromatic N) is 3. The van der Waals surface area contributed by atoms with E-state index < -0.39 is 0 Å². The number of rotatable bonds is 6. The van der Waals surface area contributed by atoms with Crippen LogP contribution in [-0.4, -0.2) is 39.2 Å². The maximum absolute atomic E-state index is 13.3. The normalized spacial score (nSPS) is 17.4. The molecule has 2 amide bonds. The highest BCUT2D eigenvalue weighted by Crippen LogP contribution is 2.23. The molecule has 1 fully saturated rings. The smallest absolute Gasteiger partial charge is 0.245 e. The van der Waals surface area contributed by atoms with Gasteiger partial charge in [0.2, 0.25) is 11.8 Å². The molecule has 1 atom stereocenters. The zero-order valence-electron chi connectivity index (χ0n) is 15.9. The fraction of sp³-hybridized carbons (Fsp3) is 0.409. The maximum Gasteiger partial charge on any atom is 0.245 e. The van der Waals surface area contributed by atoms with Gasteiger partial charge in [-0.2, -0.15) is 0 Å². The Labute approximate surface area is 161 Å². The van der Waals surface area contributed by atoms with Gasteiger partial charge >= 0.3 is 0 Å². The molecule has 142 valence electrons. The molecule has 2 aromatic rings. The molecule has 0 spiro atoms. The summed E-state index contributed by atoms with van der Waals surface area (Å²) in [4.78, 5) is 33.8. The van der Waals surface area contributed by atoms with Gasteiger partial charge in [0.1, 0.15) is 6.04 Å². The Morgan fingerprint density at radius 3 is 2.56 bits per heavy atom. The van der Waals surface area contributed by atoms with Crippen LogP contribution in [0.25, 0.3) is 0 Å². The van der Waals surface area contributed by atoms with Crippen LogP contribution >= 0.6 is 0 Å². The zero-order valence-corrected chi connectivity index (χ0v) is 15.9. The first-order chi connectivity index (χ1) is 13.2. The summed E-state index contributed by atoms with van der Waals surface area (Å²) in [6.45, 7) is 3.63. The van der Waals surface area contributed by atoms with Crippen molar-refractivity contribution >= 4 is 11.8 Å². The van der Waals surface area contributed by atoms with Crippen molar-refractivity contribution in [1.29, 1.82) is 0 Å². The number of carbonyl (C=O) groups excluding carboxylic acids is 2. The third-order valence-corrected chi connectivity index (χ3v) is 5.11. The summed E-state index contributed by atoms with van der Waals surface area (Å²) >= 11 is 0. The molecule has 1 saturated heterocycles. The molecule has 1 aliphatic heterocycles. The van der Waals surface area contributed by atoms with Gasteiger partial charge in [-0.25, -0.2) is 0 Å². The lowest BCUT2D eigenvalue weighted by Crippen LogP contribution is -2.49. The van der Waals surface area contributed by atoms with Crippen LogP contribution in [0, 0.1) is 0 Å². The lowest BCUT2D eigenvalue weighted by molar-refractivity contribution is -0.146. The standard InChI is InChI=1S/C22H27N3O2/c1-2-24(16-19-12-14-23-15-13-19)22(27)20-10-6-7-11-21(26)25(20)17-18-8-4-3-5-9-18/h3-5,8-9,12-15,20H,2,6-7,10-11,16-17H2,1H3. The largest absolute Gasteiger partial charge is 0.337 e. The second kappa shape index (κ2) is 9.31. The Kier molecular flexibility index (Phi) is 6.58. The van der Waals surface area contributed by atoms with Gasteiger partial charge in [0.25, 0.3) is 0 Å². The van der Waals surface area contributed by atoms with Gasteiger partial charge in [0.15, 0.2) is 0 Å². The van der Waals surface area contributed by atoms with Crippen LogP contribution in [-0.2, 0) is 22.7 Å². The number of amides is 2. The highest BCUT2D eigenvalue weighted by atomic mass is 16.2. The van der Waals surface area contributed by atoms with E-state index in [-0.39, 0.29) is 17.9 Å². The number of benzene rings is 1. The number of pyridine rings is 1. The van der Waals surface area contributed by atoms with Gasteiger partial charge in [0, 0.05) is 38.4 Å². The molecule has 2 heterocycles. The molecule has 0 N–H and O–H groups in total. The van der Waals surface area contributed by atoms with Crippen molar-refractivity contribution < 1.29 is 9.59 Å². The summed E-state index contributed by atoms with van der Waals surface area (Å²) in [6, 6.07) is 13.4. The third-order valence-electron chi connectivity index (χ3n) is 5.11. The van der Waals surface area contributed by atoms with Crippen LogP contribution < -0.4 is 0 Å². The average molecular weight is 365 g/mol. The Morgan fingerprint density at radius 2 is 1.85 bits per heavy atom. The first-order valence-electron chi connectivity index (χ1n) is 9.70. The number of aromatic nitrogens is 1. The van der Waals surface area contributed by atoms with Crippen molar-refractivity contribution in [2.45, 2.75) is 51.7 Å². The van der Waals surface area contributed by atoms with Crippen LogP contribution in [0.1, 0.15) is 43.7 Å². The van der Waals surface area contributed by atoms with Crippen LogP contribution in [0.15, 0.2) is 54.9 Å². The average Bonchev–Trinajstić information content (AvgIpc) is 2.89. The molecule has 0 bridgehead atoms. The number of carbonyl (C=O) groups is 2. The van der Waals surface area contributed by atoms with E-state index in [1.807, 2.05) is 54.3 Å². The van der Waals surface area contributed by atoms with E-state index in [1.54, 1.807) is 17.3 Å². The van der Waals surface area contributed by atoms with Crippen molar-refractivity contribution in [1.82, 2.24) is 14.8 Å². The molecule has 1 aromatic heterocycles. The minimum atomic E-state index is -0.387. The molecular formula is C22H27N3O2. The zero-order chi connectivity index (χ0) is 19.1. The van der Waals surface area contributed by atoms with Crippen molar-refractivity contribution in [2.75, 3.05) is 6.54 Å². The number of likely N-dealkylation sites (N-methyl/N-ethyl adjacent to an activating group) is 1. The Morgan fingerprint density at radius 1 is 1.11 bits per heavy atom. The SMILES string of the molecule is CCN(Cc1ccncc1)C(=O)C1CCCCC(=O)N1Cc1ccccc1. The lowest BCUT2D eigenvalue weighted by Gasteiger charge is -2.33. The molecule has 5 nitrogen and oxygen atoms in total. The summed E-state index contributed by atoms with van der Waals surface area (Å²) in [5.74, 6) is 0.121. The number of hydrogen-bond acceptors (Lipinski definition) is 3. The van der Waals surface area contributed by atoms with E-state index in [0.717, 1.165) is 30.4 Å². The Hall–Kier alpha value is -2.69. The topological polar surface area (TPSA) is 53.5 Å². The molecule has 27 heavy (non-hydrogen) atoms. The third kappa shape index (κ3) is 4.94. The van der Waals surface area contributed by atoms with E-state index >= 15 is 0 Å². The van der Waals surface area contributed by atoms with E-state index in [1.165, 1.54) is 0 Å². The van der Waals surface area contributed by atoms with Crippen molar-refractivity contribution in [3.63, 3.8) is 0 Å². The molecule has 1 aromatic carbocycles. The minimum absolute atomic E-state index is 0.0421. The number of hydrogen-bond donors (Lipinski definition) is 0. The van der Waals surface area contributed by atoms with Crippen molar-refractivity contribution in [3.05, 3.63) is 66.0 Å². The van der Waals surface area contributed by atoms with Gasteiger partial charge in [-0.1, -0.05) is 36.8 Å². The lowest BCUT2D eigenvalue weighted by atomic mass is 10.1. The van der Waals surface area contributed by atoms with Gasteiger partial charge in [-0.15, -0.1) is 0 Å². The maximum atomic E-state index is 13.3. The van der Waals surface area contributed by atoms with Gasteiger partial charge in [-0.3, -0.25) is 14.6 Å². The fourth-order valence-electron chi connectivity index (χ4n) is 3.59.